The van der Waals surface area contributed by atoms with Crippen molar-refractivity contribution in [1.29, 1.82) is 0 Å². The van der Waals surface area contributed by atoms with Crippen LogP contribution >= 0.6 is 15.9 Å². The standard InChI is InChI=1S/C14H22BrNO/c1-9(2)7-10(3)17-12-5-6-13(11(4)16)14(15)8-12/h5-6,8-11H,7,16H2,1-4H3/t10?,11-/m1/s1. The highest BCUT2D eigenvalue weighted by atomic mass is 79.9. The Labute approximate surface area is 113 Å². The fraction of sp³-hybridized carbons (Fsp3) is 0.571. The van der Waals surface area contributed by atoms with Crippen LogP contribution in [0.2, 0.25) is 0 Å². The van der Waals surface area contributed by atoms with Crippen molar-refractivity contribution >= 4 is 15.9 Å². The summed E-state index contributed by atoms with van der Waals surface area (Å²) in [7, 11) is 0. The van der Waals surface area contributed by atoms with Crippen LogP contribution in [-0.4, -0.2) is 6.10 Å². The summed E-state index contributed by atoms with van der Waals surface area (Å²) >= 11 is 3.53. The highest BCUT2D eigenvalue weighted by molar-refractivity contribution is 9.10. The summed E-state index contributed by atoms with van der Waals surface area (Å²) in [6, 6.07) is 6.04. The zero-order valence-electron chi connectivity index (χ0n) is 11.0. The highest BCUT2D eigenvalue weighted by Crippen LogP contribution is 2.27. The number of hydrogen-bond donors (Lipinski definition) is 1. The molecule has 0 saturated carbocycles. The predicted molar refractivity (Wildman–Crippen MR) is 76.3 cm³/mol. The molecule has 0 aliphatic heterocycles. The largest absolute Gasteiger partial charge is 0.491 e. The van der Waals surface area contributed by atoms with E-state index >= 15 is 0 Å². The fourth-order valence-corrected chi connectivity index (χ4v) is 2.61. The van der Waals surface area contributed by atoms with Crippen LogP contribution in [0.5, 0.6) is 5.75 Å². The van der Waals surface area contributed by atoms with Crippen molar-refractivity contribution < 1.29 is 4.74 Å². The lowest BCUT2D eigenvalue weighted by Crippen LogP contribution is -2.14. The van der Waals surface area contributed by atoms with Crippen LogP contribution in [0, 0.1) is 5.92 Å². The summed E-state index contributed by atoms with van der Waals surface area (Å²) in [5.74, 6) is 1.55. The molecule has 0 amide bonds. The summed E-state index contributed by atoms with van der Waals surface area (Å²) < 4.78 is 6.89. The first-order valence-electron chi connectivity index (χ1n) is 6.11. The Kier molecular flexibility index (Phi) is 5.47. The number of hydrogen-bond acceptors (Lipinski definition) is 2. The van der Waals surface area contributed by atoms with Crippen LogP contribution in [0.3, 0.4) is 0 Å². The summed E-state index contributed by atoms with van der Waals surface area (Å²) in [5, 5.41) is 0. The minimum absolute atomic E-state index is 0.0338. The van der Waals surface area contributed by atoms with Gasteiger partial charge in [-0.25, -0.2) is 0 Å². The molecule has 0 saturated heterocycles. The second kappa shape index (κ2) is 6.41. The molecule has 0 spiro atoms. The van der Waals surface area contributed by atoms with Gasteiger partial charge in [0.2, 0.25) is 0 Å². The summed E-state index contributed by atoms with van der Waals surface area (Å²) in [5.41, 5.74) is 6.97. The fourth-order valence-electron chi connectivity index (χ4n) is 1.89. The lowest BCUT2D eigenvalue weighted by molar-refractivity contribution is 0.193. The molecule has 2 atom stereocenters. The summed E-state index contributed by atoms with van der Waals surface area (Å²) in [6.07, 6.45) is 1.30. The number of rotatable bonds is 5. The van der Waals surface area contributed by atoms with Gasteiger partial charge in [0.25, 0.3) is 0 Å². The van der Waals surface area contributed by atoms with Gasteiger partial charge in [0.05, 0.1) is 6.10 Å². The molecule has 17 heavy (non-hydrogen) atoms. The van der Waals surface area contributed by atoms with E-state index in [2.05, 4.69) is 36.7 Å². The van der Waals surface area contributed by atoms with Gasteiger partial charge >= 0.3 is 0 Å². The smallest absolute Gasteiger partial charge is 0.120 e. The van der Waals surface area contributed by atoms with Gasteiger partial charge in [-0.3, -0.25) is 0 Å². The van der Waals surface area contributed by atoms with E-state index in [1.54, 1.807) is 0 Å². The normalized spacial score (nSPS) is 14.8. The van der Waals surface area contributed by atoms with Gasteiger partial charge in [0, 0.05) is 10.5 Å². The van der Waals surface area contributed by atoms with Crippen molar-refractivity contribution in [2.24, 2.45) is 11.7 Å². The molecule has 0 aliphatic rings. The third kappa shape index (κ3) is 4.68. The van der Waals surface area contributed by atoms with E-state index in [4.69, 9.17) is 10.5 Å². The van der Waals surface area contributed by atoms with Gasteiger partial charge in [-0.1, -0.05) is 35.8 Å². The molecule has 1 rings (SSSR count). The molecule has 0 radical (unpaired) electrons. The lowest BCUT2D eigenvalue weighted by Gasteiger charge is -2.18. The number of benzene rings is 1. The van der Waals surface area contributed by atoms with Crippen LogP contribution in [0.15, 0.2) is 22.7 Å². The third-order valence-electron chi connectivity index (χ3n) is 2.60. The SMILES string of the molecule is CC(C)CC(C)Oc1ccc([C@@H](C)N)c(Br)c1. The van der Waals surface area contributed by atoms with Gasteiger partial charge < -0.3 is 10.5 Å². The maximum atomic E-state index is 5.87. The lowest BCUT2D eigenvalue weighted by atomic mass is 10.1. The average molecular weight is 300 g/mol. The van der Waals surface area contributed by atoms with Crippen molar-refractivity contribution in [2.45, 2.75) is 46.3 Å². The molecule has 0 aliphatic carbocycles. The Hall–Kier alpha value is -0.540. The molecule has 2 N–H and O–H groups in total. The van der Waals surface area contributed by atoms with Crippen LogP contribution in [0.1, 0.15) is 45.7 Å². The first kappa shape index (κ1) is 14.5. The molecule has 0 bridgehead atoms. The van der Waals surface area contributed by atoms with Gasteiger partial charge in [0.15, 0.2) is 0 Å². The first-order chi connectivity index (χ1) is 7.90. The molecule has 1 aromatic rings. The Morgan fingerprint density at radius 3 is 2.35 bits per heavy atom. The van der Waals surface area contributed by atoms with E-state index < -0.39 is 0 Å². The van der Waals surface area contributed by atoms with E-state index in [9.17, 15) is 0 Å². The Morgan fingerprint density at radius 2 is 1.88 bits per heavy atom. The van der Waals surface area contributed by atoms with E-state index in [1.165, 1.54) is 0 Å². The molecule has 0 fully saturated rings. The molecular weight excluding hydrogens is 278 g/mol. The topological polar surface area (TPSA) is 35.2 Å². The molecule has 0 heterocycles. The monoisotopic (exact) mass is 299 g/mol. The summed E-state index contributed by atoms with van der Waals surface area (Å²) in [6.45, 7) is 8.49. The summed E-state index contributed by atoms with van der Waals surface area (Å²) in [4.78, 5) is 0. The second-order valence-electron chi connectivity index (χ2n) is 5.03. The predicted octanol–water partition coefficient (Wildman–Crippen LogP) is 4.28. The zero-order valence-corrected chi connectivity index (χ0v) is 12.6. The molecule has 1 unspecified atom stereocenters. The maximum Gasteiger partial charge on any atom is 0.120 e. The van der Waals surface area contributed by atoms with Crippen molar-refractivity contribution in [3.8, 4) is 5.75 Å². The van der Waals surface area contributed by atoms with E-state index in [-0.39, 0.29) is 12.1 Å². The highest BCUT2D eigenvalue weighted by Gasteiger charge is 2.09. The Morgan fingerprint density at radius 1 is 1.24 bits per heavy atom. The molecule has 96 valence electrons. The third-order valence-corrected chi connectivity index (χ3v) is 3.29. The molecule has 2 nitrogen and oxygen atoms in total. The van der Waals surface area contributed by atoms with E-state index in [1.807, 2.05) is 25.1 Å². The van der Waals surface area contributed by atoms with E-state index in [0.29, 0.717) is 5.92 Å². The number of halogens is 1. The minimum Gasteiger partial charge on any atom is -0.491 e. The molecular formula is C14H22BrNO. The van der Waals surface area contributed by atoms with Crippen LogP contribution in [-0.2, 0) is 0 Å². The quantitative estimate of drug-likeness (QED) is 0.880. The van der Waals surface area contributed by atoms with Crippen molar-refractivity contribution in [1.82, 2.24) is 0 Å². The maximum absolute atomic E-state index is 5.87. The van der Waals surface area contributed by atoms with Crippen LogP contribution in [0.25, 0.3) is 0 Å². The van der Waals surface area contributed by atoms with Gasteiger partial charge in [-0.15, -0.1) is 0 Å². The van der Waals surface area contributed by atoms with Crippen molar-refractivity contribution in [3.63, 3.8) is 0 Å². The zero-order chi connectivity index (χ0) is 13.0. The Bertz CT molecular complexity index is 363. The molecule has 1 aromatic carbocycles. The van der Waals surface area contributed by atoms with Crippen molar-refractivity contribution in [3.05, 3.63) is 28.2 Å². The van der Waals surface area contributed by atoms with Crippen LogP contribution < -0.4 is 10.5 Å². The van der Waals surface area contributed by atoms with Gasteiger partial charge in [-0.2, -0.15) is 0 Å². The Balaban J connectivity index is 2.70. The van der Waals surface area contributed by atoms with E-state index in [0.717, 1.165) is 22.2 Å². The average Bonchev–Trinajstić information content (AvgIpc) is 2.15. The minimum atomic E-state index is 0.0338. The first-order valence-corrected chi connectivity index (χ1v) is 6.91. The van der Waals surface area contributed by atoms with Crippen molar-refractivity contribution in [2.75, 3.05) is 0 Å². The van der Waals surface area contributed by atoms with Gasteiger partial charge in [0.1, 0.15) is 5.75 Å². The number of ether oxygens (including phenoxy) is 1. The van der Waals surface area contributed by atoms with Crippen LogP contribution in [0.4, 0.5) is 0 Å². The molecule has 3 heteroatoms. The van der Waals surface area contributed by atoms with Gasteiger partial charge in [-0.05, 0) is 43.9 Å². The second-order valence-corrected chi connectivity index (χ2v) is 5.88. The molecule has 0 aromatic heterocycles. The number of nitrogens with two attached hydrogens (primary N) is 1.